The van der Waals surface area contributed by atoms with Gasteiger partial charge in [0.15, 0.2) is 24.8 Å². The van der Waals surface area contributed by atoms with Crippen LogP contribution in [0.25, 0.3) is 10.8 Å². The van der Waals surface area contributed by atoms with E-state index < -0.39 is 42.4 Å². The van der Waals surface area contributed by atoms with Crippen molar-refractivity contribution in [2.75, 3.05) is 0 Å². The Morgan fingerprint density at radius 3 is 1.31 bits per heavy atom. The van der Waals surface area contributed by atoms with E-state index in [1.165, 1.54) is 94.9 Å². The Kier molecular flexibility index (Phi) is 51.2. The van der Waals surface area contributed by atoms with Crippen molar-refractivity contribution < 1.29 is 85.6 Å². The third kappa shape index (κ3) is 30.6. The minimum Gasteiger partial charge on any atom is -0.743 e. The molecule has 0 heterocycles. The summed E-state index contributed by atoms with van der Waals surface area (Å²) in [6.07, 6.45) is 21.1. The van der Waals surface area contributed by atoms with Crippen molar-refractivity contribution in [3.8, 4) is 11.5 Å². The monoisotopic (exact) mass is 1820 g/mol. The van der Waals surface area contributed by atoms with Crippen molar-refractivity contribution in [3.05, 3.63) is 198 Å². The van der Waals surface area contributed by atoms with Gasteiger partial charge >= 0.3 is 44.5 Å². The maximum absolute atomic E-state index is 13.8. The molecule has 0 aliphatic heterocycles. The van der Waals surface area contributed by atoms with Gasteiger partial charge in [0, 0.05) is 5.41 Å². The lowest BCUT2D eigenvalue weighted by Gasteiger charge is -2.61. The fourth-order valence-electron chi connectivity index (χ4n) is 15.4. The fraction of sp³-hybridized carbons (Fsp3) is 0.583. The van der Waals surface area contributed by atoms with Gasteiger partial charge in [0.1, 0.15) is 28.8 Å². The lowest BCUT2D eigenvalue weighted by molar-refractivity contribution is -0.247. The number of aromatic hydroxyl groups is 1. The minimum absolute atomic E-state index is 0. The second-order valence-corrected chi connectivity index (χ2v) is 39.3. The first-order chi connectivity index (χ1) is 53.7. The molecule has 125 heavy (non-hydrogen) atoms. The summed E-state index contributed by atoms with van der Waals surface area (Å²) in [6.45, 7) is 32.7. The molecule has 3 unspecified atom stereocenters. The van der Waals surface area contributed by atoms with E-state index in [1.807, 2.05) is 87.4 Å². The molecular weight excluding hydrogens is 1660 g/mol. The van der Waals surface area contributed by atoms with Gasteiger partial charge < -0.3 is 28.1 Å². The average molecular weight is 1820 g/mol. The number of aryl methyl sites for hydroxylation is 1. The van der Waals surface area contributed by atoms with E-state index in [-0.39, 0.29) is 153 Å². The molecule has 7 aromatic rings. The molecule has 4 bridgehead atoms. The van der Waals surface area contributed by atoms with E-state index in [4.69, 9.17) is 19.3 Å². The summed E-state index contributed by atoms with van der Waals surface area (Å²) in [5.41, 5.74) is 3.46. The van der Waals surface area contributed by atoms with Crippen LogP contribution in [0.2, 0.25) is 0 Å². The van der Waals surface area contributed by atoms with Crippen molar-refractivity contribution in [2.24, 2.45) is 39.4 Å². The third-order valence-electron chi connectivity index (χ3n) is 24.6. The van der Waals surface area contributed by atoms with Crippen LogP contribution in [0.5, 0.6) is 11.5 Å². The highest BCUT2D eigenvalue weighted by Crippen LogP contribution is 2.65. The number of alkyl halides is 6. The molecule has 22 heteroatoms. The summed E-state index contributed by atoms with van der Waals surface area (Å²) in [4.78, 5) is 40.8. The SMILES string of the molecule is C.C.C.C.C.C.C.C.C.C.CCC(C)(C)C(=O)OC(C)(C)C12CC3CC(CC(C3)C1)C2.CCC(C)(C)C(=O)OC1CCCc2ccccc21.CCC(C)c1ccc(O)cc1.CCC(C)c1ccc2cc(OS(=O)(=O)C(F)(F)C(F)(F)C(F)(F)S(=O)(=O)[O-])ccc2c1.CCC1(OC(=O)C(C)(C)CC)CCCC1.c1ccc([S+](c2ccccc2)c2ccccc2)cc1. The van der Waals surface area contributed by atoms with Gasteiger partial charge in [0.2, 0.25) is 0 Å². The maximum atomic E-state index is 13.8. The minimum atomic E-state index is -7.35. The van der Waals surface area contributed by atoms with Crippen molar-refractivity contribution in [1.82, 2.24) is 0 Å². The lowest BCUT2D eigenvalue weighted by atomic mass is 9.46. The number of fused-ring (bicyclic) bond motifs is 2. The first-order valence-electron chi connectivity index (χ1n) is 40.8. The molecule has 0 spiro atoms. The van der Waals surface area contributed by atoms with Crippen LogP contribution >= 0.6 is 0 Å². The number of rotatable bonds is 24. The van der Waals surface area contributed by atoms with Crippen LogP contribution in [0.1, 0.15) is 341 Å². The van der Waals surface area contributed by atoms with Gasteiger partial charge in [0.05, 0.1) is 27.1 Å². The van der Waals surface area contributed by atoms with Crippen LogP contribution in [0.3, 0.4) is 0 Å². The zero-order chi connectivity index (χ0) is 85.4. The highest BCUT2D eigenvalue weighted by Gasteiger charge is 2.81. The number of esters is 3. The second-order valence-electron chi connectivity index (χ2n) is 34.3. The lowest BCUT2D eigenvalue weighted by Crippen LogP contribution is -2.61. The Morgan fingerprint density at radius 2 is 0.888 bits per heavy atom. The van der Waals surface area contributed by atoms with E-state index in [0.29, 0.717) is 17.1 Å². The van der Waals surface area contributed by atoms with Gasteiger partial charge in [-0.05, 0) is 301 Å². The molecule has 6 aliphatic rings. The van der Waals surface area contributed by atoms with Crippen LogP contribution in [-0.2, 0) is 66.1 Å². The van der Waals surface area contributed by atoms with Crippen molar-refractivity contribution in [3.63, 3.8) is 0 Å². The molecule has 5 saturated carbocycles. The number of halogens is 6. The summed E-state index contributed by atoms with van der Waals surface area (Å²) in [5, 5.41) is -3.92. The number of phenolic OH excluding ortho intramolecular Hbond substituents is 1. The van der Waals surface area contributed by atoms with Crippen LogP contribution in [-0.4, -0.2) is 72.0 Å². The van der Waals surface area contributed by atoms with Crippen LogP contribution in [0.4, 0.5) is 26.3 Å². The van der Waals surface area contributed by atoms with Gasteiger partial charge in [-0.25, -0.2) is 8.42 Å². The van der Waals surface area contributed by atoms with E-state index in [0.717, 1.165) is 106 Å². The van der Waals surface area contributed by atoms with Gasteiger partial charge in [-0.3, -0.25) is 14.4 Å². The number of hydrogen-bond donors (Lipinski definition) is 1. The molecular formula is C103H162F6O13S3. The molecule has 13 rings (SSSR count). The van der Waals surface area contributed by atoms with Crippen LogP contribution < -0.4 is 4.18 Å². The fourth-order valence-corrected chi connectivity index (χ4v) is 18.9. The Morgan fingerprint density at radius 1 is 0.496 bits per heavy atom. The zero-order valence-corrected chi connectivity index (χ0v) is 72.4. The van der Waals surface area contributed by atoms with Gasteiger partial charge in [0.25, 0.3) is 0 Å². The Balaban J connectivity index is -0.000000708. The predicted octanol–water partition coefficient (Wildman–Crippen LogP) is 31.2. The Labute approximate surface area is 757 Å². The molecule has 0 amide bonds. The first-order valence-corrected chi connectivity index (χ1v) is 44.8. The van der Waals surface area contributed by atoms with Crippen molar-refractivity contribution >= 4 is 59.8 Å². The smallest absolute Gasteiger partial charge is 0.450 e. The molecule has 712 valence electrons. The summed E-state index contributed by atoms with van der Waals surface area (Å²) < 4.78 is 157. The Hall–Kier alpha value is -7.40. The number of phenols is 1. The summed E-state index contributed by atoms with van der Waals surface area (Å²) >= 11 is 0. The number of hydrogen-bond acceptors (Lipinski definition) is 13. The third-order valence-corrected chi connectivity index (χ3v) is 29.0. The predicted molar refractivity (Wildman–Crippen MR) is 511 cm³/mol. The normalized spacial score (nSPS) is 18.2. The van der Waals surface area contributed by atoms with Gasteiger partial charge in [-0.15, -0.1) is 0 Å². The van der Waals surface area contributed by atoms with E-state index >= 15 is 0 Å². The largest absolute Gasteiger partial charge is 0.743 e. The second kappa shape index (κ2) is 51.7. The number of carbonyl (C=O) groups excluding carboxylic acids is 3. The van der Waals surface area contributed by atoms with Gasteiger partial charge in [-0.1, -0.05) is 245 Å². The standard InChI is InChI=1S/C19H32O2.C18H15S.C17H16F6O6S2.C16H22O2.C13H24O2.C10H14O.10CH4/c1-6-17(2,3)16(20)21-18(4,5)19-10-13-7-14(11-19)9-15(8-13)12-19;1-4-10-16(11-5-1)19(17-12-6-2-7-13-17)18-14-8-3-9-15-18;1-3-10(2)11-4-5-13-9-14(7-6-12(13)8-11)29-31(27,28)17(22,23)15(18,19)16(20,21)30(24,25)26;1-4-16(2,3)15(17)18-14-11-7-9-12-8-5-6-10-13(12)14;1-5-12(3,4)11(14)15-13(6-2)9-7-8-10-13;1-3-8(2)9-4-6-10(11)7-5-9;;;;;;;;;;/h13-15H,6-12H2,1-5H3;1-15H;4-10H,3H2,1-2H3,(H,24,25,26);5-6,8,10,14H,4,7,9,11H2,1-3H3;5-10H2,1-4H3;4-8,11H,3H2,1-2H3;10*1H4/q;+1;;;;;;;;;;;;;;/p-1. The van der Waals surface area contributed by atoms with E-state index in [9.17, 15) is 62.1 Å². The van der Waals surface area contributed by atoms with E-state index in [1.54, 1.807) is 24.3 Å². The maximum Gasteiger partial charge on any atom is 0.450 e. The van der Waals surface area contributed by atoms with E-state index in [2.05, 4.69) is 155 Å². The van der Waals surface area contributed by atoms with Gasteiger partial charge in [-0.2, -0.15) is 34.8 Å². The number of carbonyl (C=O) groups is 3. The quantitative estimate of drug-likeness (QED) is 0.0150. The summed E-state index contributed by atoms with van der Waals surface area (Å²) in [6, 6.07) is 55.6. The zero-order valence-electron chi connectivity index (χ0n) is 70.0. The molecule has 7 aromatic carbocycles. The van der Waals surface area contributed by atoms with Crippen molar-refractivity contribution in [2.45, 2.75) is 367 Å². The number of ether oxygens (including phenoxy) is 3. The highest BCUT2D eigenvalue weighted by molar-refractivity contribution is 7.97. The molecule has 1 N–H and O–H groups in total. The molecule has 0 radical (unpaired) electrons. The first kappa shape index (κ1) is 124. The molecule has 13 nitrogen and oxygen atoms in total. The summed E-state index contributed by atoms with van der Waals surface area (Å²) in [7, 11) is -14.2. The highest BCUT2D eigenvalue weighted by atomic mass is 32.2. The van der Waals surface area contributed by atoms with Crippen molar-refractivity contribution in [1.29, 1.82) is 0 Å². The summed E-state index contributed by atoms with van der Waals surface area (Å²) in [5.74, 6) is -4.36. The number of benzene rings is 7. The van der Waals surface area contributed by atoms with Crippen LogP contribution in [0, 0.1) is 39.4 Å². The molecule has 0 saturated heterocycles. The van der Waals surface area contributed by atoms with Crippen LogP contribution in [0.15, 0.2) is 191 Å². The molecule has 6 aliphatic carbocycles. The molecule has 5 fully saturated rings. The topological polar surface area (TPSA) is 200 Å². The average Bonchev–Trinajstić information content (AvgIpc) is 0.766. The molecule has 3 atom stereocenters. The Bertz CT molecular complexity index is 4400. The molecule has 0 aromatic heterocycles.